The molecule has 4 rings (SSSR count). The van der Waals surface area contributed by atoms with Crippen LogP contribution in [0.15, 0.2) is 60.0 Å². The summed E-state index contributed by atoms with van der Waals surface area (Å²) in [5.74, 6) is 0. The van der Waals surface area contributed by atoms with Crippen molar-refractivity contribution in [3.05, 3.63) is 71.5 Å². The standard InChI is InChI=1S/C20H20N4O2S/c1-3-14-7-9-15(10-8-14)18-13-19(24(23-18)27(2,25)26)16-5-4-6-17-20(16)22-12-11-21-17/h4-12,19H,3,13H2,1-2H3. The van der Waals surface area contributed by atoms with Gasteiger partial charge in [-0.2, -0.15) is 9.52 Å². The van der Waals surface area contributed by atoms with Crippen molar-refractivity contribution in [1.82, 2.24) is 14.4 Å². The molecule has 1 aromatic heterocycles. The molecular formula is C20H20N4O2S. The monoisotopic (exact) mass is 380 g/mol. The van der Waals surface area contributed by atoms with Crippen LogP contribution in [0, 0.1) is 0 Å². The number of aryl methyl sites for hydroxylation is 1. The minimum absolute atomic E-state index is 0.429. The Hall–Kier alpha value is -2.80. The lowest BCUT2D eigenvalue weighted by molar-refractivity contribution is 0.376. The molecular weight excluding hydrogens is 360 g/mol. The molecule has 1 unspecified atom stereocenters. The van der Waals surface area contributed by atoms with Crippen LogP contribution in [0.4, 0.5) is 0 Å². The molecule has 138 valence electrons. The van der Waals surface area contributed by atoms with Crippen molar-refractivity contribution in [3.63, 3.8) is 0 Å². The Balaban J connectivity index is 1.79. The number of nitrogens with zero attached hydrogens (tertiary/aromatic N) is 4. The Bertz CT molecular complexity index is 1120. The normalized spacial score (nSPS) is 17.3. The van der Waals surface area contributed by atoms with Gasteiger partial charge in [0.1, 0.15) is 0 Å². The molecule has 2 aromatic carbocycles. The van der Waals surface area contributed by atoms with Crippen LogP contribution >= 0.6 is 0 Å². The lowest BCUT2D eigenvalue weighted by Crippen LogP contribution is -2.26. The van der Waals surface area contributed by atoms with Crippen molar-refractivity contribution in [2.45, 2.75) is 25.8 Å². The summed E-state index contributed by atoms with van der Waals surface area (Å²) in [6.45, 7) is 2.10. The maximum Gasteiger partial charge on any atom is 0.247 e. The third-order valence-corrected chi connectivity index (χ3v) is 5.81. The smallest absolute Gasteiger partial charge is 0.247 e. The first-order chi connectivity index (χ1) is 13.0. The number of hydrogen-bond acceptors (Lipinski definition) is 5. The zero-order valence-corrected chi connectivity index (χ0v) is 16.0. The lowest BCUT2D eigenvalue weighted by atomic mass is 9.97. The molecule has 1 aliphatic rings. The summed E-state index contributed by atoms with van der Waals surface area (Å²) >= 11 is 0. The average molecular weight is 380 g/mol. The molecule has 0 saturated heterocycles. The zero-order chi connectivity index (χ0) is 19.0. The van der Waals surface area contributed by atoms with Gasteiger partial charge in [0.15, 0.2) is 0 Å². The van der Waals surface area contributed by atoms with E-state index in [2.05, 4.69) is 34.1 Å². The van der Waals surface area contributed by atoms with Crippen molar-refractivity contribution in [1.29, 1.82) is 0 Å². The summed E-state index contributed by atoms with van der Waals surface area (Å²) in [7, 11) is -3.52. The van der Waals surface area contributed by atoms with Crippen molar-refractivity contribution in [2.75, 3.05) is 6.26 Å². The molecule has 2 heterocycles. The number of para-hydroxylation sites is 1. The first-order valence-electron chi connectivity index (χ1n) is 8.83. The lowest BCUT2D eigenvalue weighted by Gasteiger charge is -2.22. The highest BCUT2D eigenvalue weighted by atomic mass is 32.2. The third kappa shape index (κ3) is 3.30. The van der Waals surface area contributed by atoms with Gasteiger partial charge >= 0.3 is 0 Å². The van der Waals surface area contributed by atoms with Crippen LogP contribution in [-0.4, -0.2) is 34.8 Å². The second-order valence-electron chi connectivity index (χ2n) is 6.62. The van der Waals surface area contributed by atoms with Gasteiger partial charge in [0.25, 0.3) is 0 Å². The van der Waals surface area contributed by atoms with Crippen LogP contribution in [0.3, 0.4) is 0 Å². The molecule has 0 amide bonds. The second kappa shape index (κ2) is 6.74. The van der Waals surface area contributed by atoms with E-state index in [9.17, 15) is 8.42 Å². The van der Waals surface area contributed by atoms with Gasteiger partial charge in [-0.1, -0.05) is 43.3 Å². The molecule has 1 aliphatic heterocycles. The molecule has 0 bridgehead atoms. The van der Waals surface area contributed by atoms with Gasteiger partial charge in [-0.15, -0.1) is 0 Å². The van der Waals surface area contributed by atoms with Gasteiger partial charge in [-0.3, -0.25) is 9.97 Å². The van der Waals surface area contributed by atoms with E-state index in [4.69, 9.17) is 0 Å². The van der Waals surface area contributed by atoms with Gasteiger partial charge < -0.3 is 0 Å². The fourth-order valence-corrected chi connectivity index (χ4v) is 4.31. The van der Waals surface area contributed by atoms with Crippen molar-refractivity contribution >= 4 is 26.8 Å². The van der Waals surface area contributed by atoms with Crippen LogP contribution in [0.5, 0.6) is 0 Å². The molecule has 3 aromatic rings. The van der Waals surface area contributed by atoms with Crippen LogP contribution in [0.2, 0.25) is 0 Å². The molecule has 1 atom stereocenters. The van der Waals surface area contributed by atoms with Crippen molar-refractivity contribution < 1.29 is 8.42 Å². The van der Waals surface area contributed by atoms with Crippen molar-refractivity contribution in [3.8, 4) is 0 Å². The first kappa shape index (κ1) is 17.6. The van der Waals surface area contributed by atoms with E-state index in [1.807, 2.05) is 30.3 Å². The SMILES string of the molecule is CCc1ccc(C2=NN(S(C)(=O)=O)C(c3cccc4nccnc34)C2)cc1. The number of rotatable bonds is 4. The summed E-state index contributed by atoms with van der Waals surface area (Å²) in [6, 6.07) is 13.3. The maximum atomic E-state index is 12.4. The van der Waals surface area contributed by atoms with E-state index in [0.717, 1.165) is 28.8 Å². The van der Waals surface area contributed by atoms with E-state index in [1.165, 1.54) is 16.2 Å². The van der Waals surface area contributed by atoms with Crippen LogP contribution < -0.4 is 0 Å². The molecule has 0 aliphatic carbocycles. The fourth-order valence-electron chi connectivity index (χ4n) is 3.42. The molecule has 6 nitrogen and oxygen atoms in total. The second-order valence-corrected chi connectivity index (χ2v) is 8.46. The molecule has 0 N–H and O–H groups in total. The minimum Gasteiger partial charge on any atom is -0.253 e. The van der Waals surface area contributed by atoms with E-state index in [0.29, 0.717) is 11.9 Å². The number of benzene rings is 2. The highest BCUT2D eigenvalue weighted by Gasteiger charge is 2.35. The van der Waals surface area contributed by atoms with E-state index < -0.39 is 16.1 Å². The number of sulfonamides is 1. The van der Waals surface area contributed by atoms with E-state index >= 15 is 0 Å². The molecule has 0 spiro atoms. The van der Waals surface area contributed by atoms with Crippen LogP contribution in [-0.2, 0) is 16.4 Å². The van der Waals surface area contributed by atoms with E-state index in [-0.39, 0.29) is 0 Å². The Labute approximate surface area is 158 Å². The van der Waals surface area contributed by atoms with Crippen LogP contribution in [0.25, 0.3) is 11.0 Å². The quantitative estimate of drug-likeness (QED) is 0.696. The topological polar surface area (TPSA) is 75.5 Å². The largest absolute Gasteiger partial charge is 0.253 e. The van der Waals surface area contributed by atoms with Crippen LogP contribution in [0.1, 0.15) is 36.1 Å². The summed E-state index contributed by atoms with van der Waals surface area (Å²) in [6.07, 6.45) is 5.89. The minimum atomic E-state index is -3.52. The first-order valence-corrected chi connectivity index (χ1v) is 10.7. The fraction of sp³-hybridized carbons (Fsp3) is 0.250. The summed E-state index contributed by atoms with van der Waals surface area (Å²) in [4.78, 5) is 8.76. The number of hydrazone groups is 1. The maximum absolute atomic E-state index is 12.4. The summed E-state index contributed by atoms with van der Waals surface area (Å²) < 4.78 is 26.0. The summed E-state index contributed by atoms with van der Waals surface area (Å²) in [5.41, 5.74) is 5.19. The van der Waals surface area contributed by atoms with Gasteiger partial charge in [0, 0.05) is 24.4 Å². The Morgan fingerprint density at radius 3 is 2.52 bits per heavy atom. The average Bonchev–Trinajstić information content (AvgIpc) is 3.13. The Kier molecular flexibility index (Phi) is 4.39. The zero-order valence-electron chi connectivity index (χ0n) is 15.2. The van der Waals surface area contributed by atoms with Gasteiger partial charge in [-0.05, 0) is 23.6 Å². The van der Waals surface area contributed by atoms with Crippen molar-refractivity contribution in [2.24, 2.45) is 5.10 Å². The third-order valence-electron chi connectivity index (χ3n) is 4.80. The molecule has 0 radical (unpaired) electrons. The predicted octanol–water partition coefficient (Wildman–Crippen LogP) is 3.30. The Morgan fingerprint density at radius 1 is 1.07 bits per heavy atom. The highest BCUT2D eigenvalue weighted by Crippen LogP contribution is 2.36. The molecule has 27 heavy (non-hydrogen) atoms. The predicted molar refractivity (Wildman–Crippen MR) is 106 cm³/mol. The highest BCUT2D eigenvalue weighted by molar-refractivity contribution is 7.88. The molecule has 0 fully saturated rings. The molecule has 0 saturated carbocycles. The van der Waals surface area contributed by atoms with Gasteiger partial charge in [0.2, 0.25) is 10.0 Å². The number of aromatic nitrogens is 2. The summed E-state index contributed by atoms with van der Waals surface area (Å²) in [5, 5.41) is 4.46. The molecule has 7 heteroatoms. The van der Waals surface area contributed by atoms with Gasteiger partial charge in [-0.25, -0.2) is 8.42 Å². The van der Waals surface area contributed by atoms with E-state index in [1.54, 1.807) is 12.4 Å². The number of hydrogen-bond donors (Lipinski definition) is 0. The van der Waals surface area contributed by atoms with Gasteiger partial charge in [0.05, 0.1) is 29.0 Å². The Morgan fingerprint density at radius 2 is 1.81 bits per heavy atom. The number of fused-ring (bicyclic) bond motifs is 1.